The van der Waals surface area contributed by atoms with E-state index in [1.165, 1.54) is 0 Å². The number of fused-ring (bicyclic) bond motifs is 1. The number of hydrogen-bond donors (Lipinski definition) is 2. The van der Waals surface area contributed by atoms with E-state index in [-0.39, 0.29) is 17.9 Å². The lowest BCUT2D eigenvalue weighted by Gasteiger charge is -2.28. The van der Waals surface area contributed by atoms with Crippen LogP contribution in [0.2, 0.25) is 0 Å². The summed E-state index contributed by atoms with van der Waals surface area (Å²) in [5.41, 5.74) is 0.821. The predicted octanol–water partition coefficient (Wildman–Crippen LogP) is 1.78. The van der Waals surface area contributed by atoms with Gasteiger partial charge in [-0.1, -0.05) is 26.8 Å². The second kappa shape index (κ2) is 4.78. The molecule has 2 aliphatic carbocycles. The molecule has 0 aliphatic heterocycles. The fraction of sp³-hybridized carbons (Fsp3) is 0.800. The summed E-state index contributed by atoms with van der Waals surface area (Å²) in [5, 5.41) is 20.0. The molecule has 0 spiro atoms. The third-order valence-corrected chi connectivity index (χ3v) is 4.87. The summed E-state index contributed by atoms with van der Waals surface area (Å²) >= 11 is 0. The van der Waals surface area contributed by atoms with Crippen LogP contribution in [0.3, 0.4) is 0 Å². The van der Waals surface area contributed by atoms with E-state index < -0.39 is 12.0 Å². The van der Waals surface area contributed by atoms with Gasteiger partial charge in [0.25, 0.3) is 0 Å². The average Bonchev–Trinajstić information content (AvgIpc) is 2.60. The molecular formula is C15H24O3. The Labute approximate surface area is 109 Å². The van der Waals surface area contributed by atoms with Gasteiger partial charge in [0.1, 0.15) is 6.29 Å². The van der Waals surface area contributed by atoms with Crippen LogP contribution in [0.25, 0.3) is 0 Å². The minimum absolute atomic E-state index is 0.151. The molecule has 0 aromatic heterocycles. The number of aldehydes is 1. The second-order valence-electron chi connectivity index (χ2n) is 6.82. The van der Waals surface area contributed by atoms with Gasteiger partial charge in [-0.15, -0.1) is 0 Å². The zero-order valence-corrected chi connectivity index (χ0v) is 11.5. The van der Waals surface area contributed by atoms with Crippen molar-refractivity contribution < 1.29 is 15.0 Å². The number of carbonyl (C=O) groups is 1. The van der Waals surface area contributed by atoms with E-state index in [2.05, 4.69) is 20.8 Å². The minimum atomic E-state index is -0.594. The Morgan fingerprint density at radius 1 is 1.39 bits per heavy atom. The first-order valence-corrected chi connectivity index (χ1v) is 6.85. The number of rotatable bonds is 2. The Morgan fingerprint density at radius 2 is 2.00 bits per heavy atom. The van der Waals surface area contributed by atoms with Crippen molar-refractivity contribution in [2.75, 3.05) is 6.61 Å². The molecule has 0 amide bonds. The first kappa shape index (κ1) is 13.8. The molecule has 2 rings (SSSR count). The SMILES string of the molecule is C[C@H]1C=C(C=O)[C@@H](CO)[C@@H](O)[C@@H]2CC(C)(C)C[C@@H]21. The van der Waals surface area contributed by atoms with Crippen LogP contribution in [-0.2, 0) is 4.79 Å². The monoisotopic (exact) mass is 252 g/mol. The molecule has 0 aromatic carbocycles. The highest BCUT2D eigenvalue weighted by Gasteiger charge is 2.48. The molecule has 2 N–H and O–H groups in total. The summed E-state index contributed by atoms with van der Waals surface area (Å²) in [7, 11) is 0. The lowest BCUT2D eigenvalue weighted by Crippen LogP contribution is -2.34. The van der Waals surface area contributed by atoms with Crippen LogP contribution in [0.15, 0.2) is 11.6 Å². The molecule has 0 unspecified atom stereocenters. The summed E-state index contributed by atoms with van der Waals surface area (Å²) in [5.74, 6) is 0.499. The molecule has 1 saturated carbocycles. The third-order valence-electron chi connectivity index (χ3n) is 4.87. The maximum Gasteiger partial charge on any atom is 0.146 e. The smallest absolute Gasteiger partial charge is 0.146 e. The predicted molar refractivity (Wildman–Crippen MR) is 69.9 cm³/mol. The number of allylic oxidation sites excluding steroid dienone is 1. The van der Waals surface area contributed by atoms with Crippen molar-refractivity contribution >= 4 is 6.29 Å². The van der Waals surface area contributed by atoms with Gasteiger partial charge < -0.3 is 10.2 Å². The van der Waals surface area contributed by atoms with E-state index in [0.29, 0.717) is 17.4 Å². The van der Waals surface area contributed by atoms with Crippen molar-refractivity contribution in [2.24, 2.45) is 29.1 Å². The van der Waals surface area contributed by atoms with Crippen LogP contribution in [0.5, 0.6) is 0 Å². The Hall–Kier alpha value is -0.670. The van der Waals surface area contributed by atoms with Gasteiger partial charge in [-0.05, 0) is 41.6 Å². The Kier molecular flexibility index (Phi) is 3.65. The number of carbonyl (C=O) groups excluding carboxylic acids is 1. The van der Waals surface area contributed by atoms with Crippen molar-refractivity contribution in [1.29, 1.82) is 0 Å². The first-order chi connectivity index (χ1) is 8.39. The lowest BCUT2D eigenvalue weighted by molar-refractivity contribution is -0.106. The Morgan fingerprint density at radius 3 is 2.56 bits per heavy atom. The molecule has 2 aliphatic rings. The zero-order valence-electron chi connectivity index (χ0n) is 11.5. The quantitative estimate of drug-likeness (QED) is 0.737. The minimum Gasteiger partial charge on any atom is -0.396 e. The second-order valence-corrected chi connectivity index (χ2v) is 6.82. The van der Waals surface area contributed by atoms with Crippen LogP contribution < -0.4 is 0 Å². The van der Waals surface area contributed by atoms with Gasteiger partial charge in [0.2, 0.25) is 0 Å². The van der Waals surface area contributed by atoms with Crippen molar-refractivity contribution in [2.45, 2.75) is 39.7 Å². The largest absolute Gasteiger partial charge is 0.396 e. The van der Waals surface area contributed by atoms with Gasteiger partial charge in [-0.25, -0.2) is 0 Å². The molecule has 5 atom stereocenters. The van der Waals surface area contributed by atoms with E-state index in [4.69, 9.17) is 0 Å². The van der Waals surface area contributed by atoms with Crippen molar-refractivity contribution in [3.8, 4) is 0 Å². The number of hydrogen-bond acceptors (Lipinski definition) is 3. The van der Waals surface area contributed by atoms with Gasteiger partial charge >= 0.3 is 0 Å². The molecule has 1 fully saturated rings. The average molecular weight is 252 g/mol. The maximum absolute atomic E-state index is 11.1. The third kappa shape index (κ3) is 2.26. The normalized spacial score (nSPS) is 42.9. The summed E-state index contributed by atoms with van der Waals surface area (Å²) in [4.78, 5) is 11.1. The van der Waals surface area contributed by atoms with E-state index in [0.717, 1.165) is 19.1 Å². The molecule has 0 bridgehead atoms. The van der Waals surface area contributed by atoms with Gasteiger partial charge in [-0.3, -0.25) is 4.79 Å². The molecule has 18 heavy (non-hydrogen) atoms. The van der Waals surface area contributed by atoms with Gasteiger partial charge in [-0.2, -0.15) is 0 Å². The summed E-state index contributed by atoms with van der Waals surface area (Å²) in [6.07, 6.45) is 4.22. The highest BCUT2D eigenvalue weighted by molar-refractivity contribution is 5.74. The van der Waals surface area contributed by atoms with Gasteiger partial charge in [0.15, 0.2) is 0 Å². The van der Waals surface area contributed by atoms with Crippen molar-refractivity contribution in [3.05, 3.63) is 11.6 Å². The van der Waals surface area contributed by atoms with Crippen LogP contribution in [0.1, 0.15) is 33.6 Å². The molecule has 0 aromatic rings. The van der Waals surface area contributed by atoms with E-state index >= 15 is 0 Å². The summed E-state index contributed by atoms with van der Waals surface area (Å²) in [6.45, 7) is 6.44. The van der Waals surface area contributed by atoms with E-state index in [1.54, 1.807) is 0 Å². The zero-order chi connectivity index (χ0) is 13.5. The summed E-state index contributed by atoms with van der Waals surface area (Å²) in [6, 6.07) is 0. The summed E-state index contributed by atoms with van der Waals surface area (Å²) < 4.78 is 0. The van der Waals surface area contributed by atoms with Crippen LogP contribution in [-0.4, -0.2) is 29.2 Å². The Bertz CT molecular complexity index is 359. The van der Waals surface area contributed by atoms with Crippen molar-refractivity contribution in [1.82, 2.24) is 0 Å². The lowest BCUT2D eigenvalue weighted by atomic mass is 9.81. The first-order valence-electron chi connectivity index (χ1n) is 6.85. The highest BCUT2D eigenvalue weighted by atomic mass is 16.3. The van der Waals surface area contributed by atoms with Gasteiger partial charge in [0.05, 0.1) is 12.7 Å². The molecule has 102 valence electrons. The van der Waals surface area contributed by atoms with E-state index in [9.17, 15) is 15.0 Å². The van der Waals surface area contributed by atoms with Gasteiger partial charge in [0, 0.05) is 5.92 Å². The topological polar surface area (TPSA) is 57.5 Å². The standard InChI is InChI=1S/C15H24O3/c1-9-4-10(7-16)13(8-17)14(18)12-6-15(2,3)5-11(9)12/h4,7,9,11-14,17-18H,5-6,8H2,1-3H3/t9-,11+,12+,13+,14-/m0/s1. The molecule has 3 nitrogen and oxygen atoms in total. The fourth-order valence-corrected chi connectivity index (χ4v) is 4.00. The fourth-order valence-electron chi connectivity index (χ4n) is 4.00. The molecule has 0 radical (unpaired) electrons. The van der Waals surface area contributed by atoms with Crippen LogP contribution in [0, 0.1) is 29.1 Å². The molecule has 3 heteroatoms. The van der Waals surface area contributed by atoms with Crippen LogP contribution in [0.4, 0.5) is 0 Å². The number of aliphatic hydroxyl groups is 2. The maximum atomic E-state index is 11.1. The highest BCUT2D eigenvalue weighted by Crippen LogP contribution is 2.52. The van der Waals surface area contributed by atoms with Crippen molar-refractivity contribution in [3.63, 3.8) is 0 Å². The molecule has 0 heterocycles. The Balaban J connectivity index is 2.36. The molecule has 0 saturated heterocycles. The number of aliphatic hydroxyl groups excluding tert-OH is 2. The van der Waals surface area contributed by atoms with Crippen LogP contribution >= 0.6 is 0 Å². The molecular weight excluding hydrogens is 228 g/mol. The van der Waals surface area contributed by atoms with E-state index in [1.807, 2.05) is 6.08 Å².